The number of esters is 1. The van der Waals surface area contributed by atoms with Crippen molar-refractivity contribution in [1.82, 2.24) is 14.8 Å². The number of furan rings is 1. The summed E-state index contributed by atoms with van der Waals surface area (Å²) in [4.78, 5) is 11.7. The summed E-state index contributed by atoms with van der Waals surface area (Å²) in [6, 6.07) is 19.2. The van der Waals surface area contributed by atoms with E-state index in [0.29, 0.717) is 22.5 Å². The van der Waals surface area contributed by atoms with Gasteiger partial charge in [-0.05, 0) is 53.9 Å². The Balaban J connectivity index is 1.74. The minimum Gasteiger partial charge on any atom is -0.463 e. The van der Waals surface area contributed by atoms with Gasteiger partial charge >= 0.3 is 5.97 Å². The van der Waals surface area contributed by atoms with Crippen molar-refractivity contribution >= 4 is 29.3 Å². The van der Waals surface area contributed by atoms with Crippen LogP contribution >= 0.6 is 23.4 Å². The first-order chi connectivity index (χ1) is 15.5. The zero-order valence-electron chi connectivity index (χ0n) is 17.9. The summed E-state index contributed by atoms with van der Waals surface area (Å²) in [6.07, 6.45) is 0. The molecule has 0 unspecified atom stereocenters. The normalized spacial score (nSPS) is 11.2. The Bertz CT molecular complexity index is 1230. The highest BCUT2D eigenvalue weighted by Crippen LogP contribution is 2.33. The number of carbonyl (C=O) groups is 1. The molecule has 2 aromatic heterocycles. The van der Waals surface area contributed by atoms with Crippen LogP contribution in [0.3, 0.4) is 0 Å². The maximum Gasteiger partial charge on any atom is 0.373 e. The number of aromatic nitrogens is 3. The van der Waals surface area contributed by atoms with E-state index in [0.717, 1.165) is 22.2 Å². The minimum absolute atomic E-state index is 0.177. The third-order valence-electron chi connectivity index (χ3n) is 4.93. The fourth-order valence-electron chi connectivity index (χ4n) is 3.35. The van der Waals surface area contributed by atoms with Crippen molar-refractivity contribution in [3.05, 3.63) is 82.8 Å². The van der Waals surface area contributed by atoms with Gasteiger partial charge in [-0.25, -0.2) is 4.79 Å². The summed E-state index contributed by atoms with van der Waals surface area (Å²) in [7, 11) is 1.33. The lowest BCUT2D eigenvalue weighted by Gasteiger charge is -2.16. The van der Waals surface area contributed by atoms with Crippen molar-refractivity contribution in [2.75, 3.05) is 7.11 Å². The van der Waals surface area contributed by atoms with Crippen molar-refractivity contribution in [2.45, 2.75) is 30.7 Å². The lowest BCUT2D eigenvalue weighted by molar-refractivity contribution is 0.0563. The van der Waals surface area contributed by atoms with Gasteiger partial charge in [0.15, 0.2) is 11.0 Å². The molecule has 0 saturated carbocycles. The van der Waals surface area contributed by atoms with Crippen LogP contribution in [0.1, 0.15) is 41.6 Å². The van der Waals surface area contributed by atoms with Crippen LogP contribution in [-0.4, -0.2) is 27.8 Å². The van der Waals surface area contributed by atoms with E-state index in [-0.39, 0.29) is 5.76 Å². The van der Waals surface area contributed by atoms with Crippen LogP contribution in [-0.2, 0) is 10.5 Å². The average molecular weight is 468 g/mol. The number of halogens is 1. The van der Waals surface area contributed by atoms with Crippen LogP contribution in [0.2, 0.25) is 5.02 Å². The number of hydrogen-bond acceptors (Lipinski definition) is 6. The molecule has 2 heterocycles. The Kier molecular flexibility index (Phi) is 6.67. The van der Waals surface area contributed by atoms with Crippen LogP contribution in [0.15, 0.2) is 70.2 Å². The number of para-hydroxylation sites is 1. The second-order valence-corrected chi connectivity index (χ2v) is 8.79. The molecule has 0 fully saturated rings. The van der Waals surface area contributed by atoms with Gasteiger partial charge in [-0.15, -0.1) is 10.2 Å². The molecule has 32 heavy (non-hydrogen) atoms. The first kappa shape index (κ1) is 22.2. The van der Waals surface area contributed by atoms with Crippen LogP contribution in [0.4, 0.5) is 0 Å². The summed E-state index contributed by atoms with van der Waals surface area (Å²) in [5, 5.41) is 10.4. The average Bonchev–Trinajstić information content (AvgIpc) is 3.45. The van der Waals surface area contributed by atoms with E-state index in [4.69, 9.17) is 20.8 Å². The molecule has 0 atom stereocenters. The number of nitrogens with zero attached hydrogens (tertiary/aromatic N) is 3. The molecule has 4 rings (SSSR count). The highest BCUT2D eigenvalue weighted by molar-refractivity contribution is 7.98. The highest BCUT2D eigenvalue weighted by Gasteiger charge is 2.20. The van der Waals surface area contributed by atoms with Gasteiger partial charge in [0, 0.05) is 10.6 Å². The molecule has 6 nitrogen and oxygen atoms in total. The van der Waals surface area contributed by atoms with Crippen LogP contribution in [0, 0.1) is 0 Å². The zero-order chi connectivity index (χ0) is 22.7. The number of thioether (sulfide) groups is 1. The van der Waals surface area contributed by atoms with E-state index >= 15 is 0 Å². The number of methoxy groups -OCH3 is 1. The van der Waals surface area contributed by atoms with Crippen LogP contribution in [0.5, 0.6) is 0 Å². The van der Waals surface area contributed by atoms with Gasteiger partial charge in [-0.3, -0.25) is 4.57 Å². The van der Waals surface area contributed by atoms with E-state index in [2.05, 4.69) is 40.7 Å². The molecular formula is C24H22ClN3O3S. The molecule has 0 radical (unpaired) electrons. The summed E-state index contributed by atoms with van der Waals surface area (Å²) in [5.41, 5.74) is 3.13. The van der Waals surface area contributed by atoms with Gasteiger partial charge in [0.2, 0.25) is 5.76 Å². The first-order valence-corrected chi connectivity index (χ1v) is 11.4. The third-order valence-corrected chi connectivity index (χ3v) is 6.13. The van der Waals surface area contributed by atoms with Gasteiger partial charge in [0.25, 0.3) is 0 Å². The van der Waals surface area contributed by atoms with Crippen molar-refractivity contribution in [3.63, 3.8) is 0 Å². The van der Waals surface area contributed by atoms with Crippen molar-refractivity contribution in [3.8, 4) is 17.1 Å². The van der Waals surface area contributed by atoms with Crippen molar-refractivity contribution in [1.29, 1.82) is 0 Å². The maximum absolute atomic E-state index is 11.7. The molecule has 0 aliphatic carbocycles. The predicted octanol–water partition coefficient (Wildman–Crippen LogP) is 6.38. The molecule has 4 aromatic rings. The molecule has 8 heteroatoms. The van der Waals surface area contributed by atoms with E-state index in [9.17, 15) is 4.79 Å². The summed E-state index contributed by atoms with van der Waals surface area (Å²) in [6.45, 7) is 4.32. The monoisotopic (exact) mass is 467 g/mol. The van der Waals surface area contributed by atoms with E-state index < -0.39 is 5.97 Å². The molecule has 2 aromatic carbocycles. The molecule has 0 aliphatic heterocycles. The maximum atomic E-state index is 11.7. The van der Waals surface area contributed by atoms with Crippen LogP contribution in [0.25, 0.3) is 17.1 Å². The van der Waals surface area contributed by atoms with Crippen molar-refractivity contribution < 1.29 is 13.9 Å². The Morgan fingerprint density at radius 3 is 2.56 bits per heavy atom. The SMILES string of the molecule is COC(=O)c1ccc(CSc2nnc(-c3ccc(Cl)cc3)n2-c2ccccc2C(C)C)o1. The molecule has 0 spiro atoms. The Hall–Kier alpha value is -3.03. The van der Waals surface area contributed by atoms with Crippen LogP contribution < -0.4 is 0 Å². The lowest BCUT2D eigenvalue weighted by Crippen LogP contribution is -2.04. The van der Waals surface area contributed by atoms with Gasteiger partial charge in [-0.1, -0.05) is 55.4 Å². The number of carbonyl (C=O) groups excluding carboxylic acids is 1. The Morgan fingerprint density at radius 2 is 1.84 bits per heavy atom. The number of ether oxygens (including phenoxy) is 1. The standard InChI is InChI=1S/C24H22ClN3O3S/c1-15(2)19-6-4-5-7-20(19)28-22(16-8-10-17(25)11-9-16)26-27-24(28)32-14-18-12-13-21(31-18)23(29)30-3/h4-13,15H,14H2,1-3H3. The Labute approximate surface area is 195 Å². The van der Waals surface area contributed by atoms with Gasteiger partial charge in [0.05, 0.1) is 18.6 Å². The fourth-order valence-corrected chi connectivity index (χ4v) is 4.31. The van der Waals surface area contributed by atoms with Gasteiger partial charge in [-0.2, -0.15) is 0 Å². The number of hydrogen-bond donors (Lipinski definition) is 0. The smallest absolute Gasteiger partial charge is 0.373 e. The lowest BCUT2D eigenvalue weighted by atomic mass is 10.0. The highest BCUT2D eigenvalue weighted by atomic mass is 35.5. The molecule has 0 amide bonds. The molecule has 0 aliphatic rings. The largest absolute Gasteiger partial charge is 0.463 e. The Morgan fingerprint density at radius 1 is 1.09 bits per heavy atom. The molecule has 0 saturated heterocycles. The number of benzene rings is 2. The van der Waals surface area contributed by atoms with E-state index in [1.54, 1.807) is 12.1 Å². The number of rotatable bonds is 7. The molecule has 164 valence electrons. The second kappa shape index (κ2) is 9.63. The molecule has 0 N–H and O–H groups in total. The quantitative estimate of drug-likeness (QED) is 0.232. The summed E-state index contributed by atoms with van der Waals surface area (Å²) < 4.78 is 12.4. The fraction of sp³-hybridized carbons (Fsp3) is 0.208. The van der Waals surface area contributed by atoms with E-state index in [1.807, 2.05) is 36.4 Å². The second-order valence-electron chi connectivity index (χ2n) is 7.41. The van der Waals surface area contributed by atoms with Gasteiger partial charge in [0.1, 0.15) is 5.76 Å². The predicted molar refractivity (Wildman–Crippen MR) is 126 cm³/mol. The minimum atomic E-state index is -0.500. The van der Waals surface area contributed by atoms with Gasteiger partial charge < -0.3 is 9.15 Å². The summed E-state index contributed by atoms with van der Waals surface area (Å²) >= 11 is 7.57. The molecular weight excluding hydrogens is 446 g/mol. The van der Waals surface area contributed by atoms with E-state index in [1.165, 1.54) is 24.4 Å². The topological polar surface area (TPSA) is 70.2 Å². The van der Waals surface area contributed by atoms with Crippen molar-refractivity contribution in [2.24, 2.45) is 0 Å². The third kappa shape index (κ3) is 4.59. The first-order valence-electron chi connectivity index (χ1n) is 10.1. The summed E-state index contributed by atoms with van der Waals surface area (Å²) in [5.74, 6) is 1.86. The molecule has 0 bridgehead atoms. The zero-order valence-corrected chi connectivity index (χ0v) is 19.5.